The molecule has 0 aliphatic rings. The zero-order valence-corrected chi connectivity index (χ0v) is 12.5. The summed E-state index contributed by atoms with van der Waals surface area (Å²) in [5.74, 6) is -0.910. The van der Waals surface area contributed by atoms with Crippen LogP contribution in [0.3, 0.4) is 0 Å². The Labute approximate surface area is 121 Å². The van der Waals surface area contributed by atoms with Crippen molar-refractivity contribution in [3.05, 3.63) is 35.7 Å². The maximum absolute atomic E-state index is 11.7. The summed E-state index contributed by atoms with van der Waals surface area (Å²) in [5.41, 5.74) is 0.651. The fourth-order valence-electron chi connectivity index (χ4n) is 1.50. The average Bonchev–Trinajstić information content (AvgIpc) is 2.87. The van der Waals surface area contributed by atoms with Crippen molar-refractivity contribution in [2.24, 2.45) is 0 Å². The van der Waals surface area contributed by atoms with E-state index in [1.807, 2.05) is 0 Å². The lowest BCUT2D eigenvalue weighted by Crippen LogP contribution is -2.28. The highest BCUT2D eigenvalue weighted by molar-refractivity contribution is 7.91. The smallest absolute Gasteiger partial charge is 0.335 e. The number of sulfone groups is 1. The molecule has 0 bridgehead atoms. The molecule has 0 unspecified atom stereocenters. The SMILES string of the molecule is CC(C)(c1nnc(-c2ccc(C(=O)O)cc2)o1)S(C)(=O)=O. The molecule has 21 heavy (non-hydrogen) atoms. The number of aromatic nitrogens is 2. The molecule has 7 nitrogen and oxygen atoms in total. The zero-order chi connectivity index (χ0) is 15.8. The van der Waals surface area contributed by atoms with Crippen LogP contribution in [0.2, 0.25) is 0 Å². The Balaban J connectivity index is 2.38. The van der Waals surface area contributed by atoms with Crippen LogP contribution in [-0.2, 0) is 14.6 Å². The molecule has 2 aromatic rings. The van der Waals surface area contributed by atoms with Crippen molar-refractivity contribution in [2.75, 3.05) is 6.26 Å². The minimum atomic E-state index is -3.42. The van der Waals surface area contributed by atoms with Crippen molar-refractivity contribution in [1.82, 2.24) is 10.2 Å². The number of hydrogen-bond acceptors (Lipinski definition) is 6. The lowest BCUT2D eigenvalue weighted by molar-refractivity contribution is 0.0697. The van der Waals surface area contributed by atoms with Crippen molar-refractivity contribution in [3.8, 4) is 11.5 Å². The van der Waals surface area contributed by atoms with E-state index in [4.69, 9.17) is 9.52 Å². The molecule has 0 saturated heterocycles. The molecule has 0 amide bonds. The van der Waals surface area contributed by atoms with Crippen LogP contribution in [0.4, 0.5) is 0 Å². The summed E-state index contributed by atoms with van der Waals surface area (Å²) in [6, 6.07) is 5.86. The molecular formula is C13H14N2O5S. The first-order valence-corrected chi connectivity index (χ1v) is 7.89. The third-order valence-electron chi connectivity index (χ3n) is 3.25. The summed E-state index contributed by atoms with van der Waals surface area (Å²) in [6.07, 6.45) is 1.10. The van der Waals surface area contributed by atoms with Crippen molar-refractivity contribution in [3.63, 3.8) is 0 Å². The van der Waals surface area contributed by atoms with E-state index in [-0.39, 0.29) is 17.3 Å². The maximum atomic E-state index is 11.7. The van der Waals surface area contributed by atoms with Crippen LogP contribution in [0.15, 0.2) is 28.7 Å². The van der Waals surface area contributed by atoms with Gasteiger partial charge in [-0.25, -0.2) is 13.2 Å². The second-order valence-corrected chi connectivity index (χ2v) is 7.64. The molecule has 0 radical (unpaired) electrons. The number of carbonyl (C=O) groups is 1. The first-order chi connectivity index (χ1) is 9.63. The molecule has 1 aromatic carbocycles. The van der Waals surface area contributed by atoms with Gasteiger partial charge >= 0.3 is 5.97 Å². The van der Waals surface area contributed by atoms with E-state index in [1.54, 1.807) is 0 Å². The van der Waals surface area contributed by atoms with Gasteiger partial charge in [0.15, 0.2) is 9.84 Å². The quantitative estimate of drug-likeness (QED) is 0.915. The number of nitrogens with zero attached hydrogens (tertiary/aromatic N) is 2. The summed E-state index contributed by atoms with van der Waals surface area (Å²) in [7, 11) is -3.42. The van der Waals surface area contributed by atoms with Crippen molar-refractivity contribution >= 4 is 15.8 Å². The number of hydrogen-bond donors (Lipinski definition) is 1. The van der Waals surface area contributed by atoms with E-state index < -0.39 is 20.6 Å². The Morgan fingerprint density at radius 1 is 1.19 bits per heavy atom. The molecular weight excluding hydrogens is 296 g/mol. The second kappa shape index (κ2) is 4.96. The second-order valence-electron chi connectivity index (χ2n) is 5.08. The summed E-state index contributed by atoms with van der Waals surface area (Å²) < 4.78 is 27.6. The highest BCUT2D eigenvalue weighted by Crippen LogP contribution is 2.30. The Hall–Kier alpha value is -2.22. The Kier molecular flexibility index (Phi) is 3.58. The van der Waals surface area contributed by atoms with E-state index >= 15 is 0 Å². The van der Waals surface area contributed by atoms with E-state index in [0.717, 1.165) is 6.26 Å². The van der Waals surface area contributed by atoms with Crippen LogP contribution in [-0.4, -0.2) is 35.9 Å². The van der Waals surface area contributed by atoms with E-state index in [2.05, 4.69) is 10.2 Å². The third-order valence-corrected chi connectivity index (χ3v) is 5.27. The van der Waals surface area contributed by atoms with E-state index in [1.165, 1.54) is 38.1 Å². The standard InChI is InChI=1S/C13H14N2O5S/c1-13(2,21(3,18)19)12-15-14-10(20-12)8-4-6-9(7-5-8)11(16)17/h4-7H,1-3H3,(H,16,17). The molecule has 0 saturated carbocycles. The number of rotatable bonds is 4. The van der Waals surface area contributed by atoms with Gasteiger partial charge in [-0.2, -0.15) is 0 Å². The fourth-order valence-corrected chi connectivity index (χ4v) is 1.90. The highest BCUT2D eigenvalue weighted by Gasteiger charge is 2.38. The lowest BCUT2D eigenvalue weighted by atomic mass is 10.1. The van der Waals surface area contributed by atoms with Crippen molar-refractivity contribution in [2.45, 2.75) is 18.6 Å². The Morgan fingerprint density at radius 3 is 2.24 bits per heavy atom. The van der Waals surface area contributed by atoms with Gasteiger partial charge in [-0.1, -0.05) is 0 Å². The molecule has 0 aliphatic carbocycles. The molecule has 112 valence electrons. The van der Waals surface area contributed by atoms with Crippen molar-refractivity contribution < 1.29 is 22.7 Å². The number of carboxylic acid groups (broad SMARTS) is 1. The number of carboxylic acids is 1. The molecule has 8 heteroatoms. The zero-order valence-electron chi connectivity index (χ0n) is 11.7. The van der Waals surface area contributed by atoms with Gasteiger partial charge in [-0.15, -0.1) is 10.2 Å². The minimum absolute atomic E-state index is 0.0117. The first-order valence-electron chi connectivity index (χ1n) is 6.00. The van der Waals surface area contributed by atoms with Crippen LogP contribution in [0.1, 0.15) is 30.1 Å². The van der Waals surface area contributed by atoms with E-state index in [0.29, 0.717) is 5.56 Å². The number of aromatic carboxylic acids is 1. The van der Waals surface area contributed by atoms with Crippen LogP contribution in [0.25, 0.3) is 11.5 Å². The molecule has 2 rings (SSSR count). The third kappa shape index (κ3) is 2.80. The number of benzene rings is 1. The normalized spacial score (nSPS) is 12.3. The minimum Gasteiger partial charge on any atom is -0.478 e. The molecule has 0 aliphatic heterocycles. The van der Waals surface area contributed by atoms with Crippen LogP contribution >= 0.6 is 0 Å². The van der Waals surface area contributed by atoms with Gasteiger partial charge in [-0.3, -0.25) is 0 Å². The monoisotopic (exact) mass is 310 g/mol. The van der Waals surface area contributed by atoms with Crippen LogP contribution < -0.4 is 0 Å². The van der Waals surface area contributed by atoms with Gasteiger partial charge in [0, 0.05) is 11.8 Å². The van der Waals surface area contributed by atoms with Crippen LogP contribution in [0.5, 0.6) is 0 Å². The summed E-state index contributed by atoms with van der Waals surface area (Å²) in [5, 5.41) is 16.4. The molecule has 0 spiro atoms. The van der Waals surface area contributed by atoms with Gasteiger partial charge in [0.05, 0.1) is 5.56 Å². The Bertz CT molecular complexity index is 775. The maximum Gasteiger partial charge on any atom is 0.335 e. The predicted octanol–water partition coefficient (Wildman–Crippen LogP) is 1.71. The molecule has 0 atom stereocenters. The first kappa shape index (κ1) is 15.2. The Morgan fingerprint density at radius 2 is 1.76 bits per heavy atom. The average molecular weight is 310 g/mol. The lowest BCUT2D eigenvalue weighted by Gasteiger charge is -2.16. The van der Waals surface area contributed by atoms with Gasteiger partial charge in [0.1, 0.15) is 4.75 Å². The van der Waals surface area contributed by atoms with Gasteiger partial charge in [0.2, 0.25) is 11.8 Å². The molecule has 0 fully saturated rings. The van der Waals surface area contributed by atoms with Gasteiger partial charge in [-0.05, 0) is 38.1 Å². The van der Waals surface area contributed by atoms with Crippen molar-refractivity contribution in [1.29, 1.82) is 0 Å². The molecule has 1 aromatic heterocycles. The summed E-state index contributed by atoms with van der Waals surface area (Å²) in [4.78, 5) is 10.8. The fraction of sp³-hybridized carbons (Fsp3) is 0.308. The highest BCUT2D eigenvalue weighted by atomic mass is 32.2. The van der Waals surface area contributed by atoms with Gasteiger partial charge in [0.25, 0.3) is 0 Å². The van der Waals surface area contributed by atoms with Gasteiger partial charge < -0.3 is 9.52 Å². The van der Waals surface area contributed by atoms with Crippen LogP contribution in [0, 0.1) is 0 Å². The summed E-state index contributed by atoms with van der Waals surface area (Å²) >= 11 is 0. The molecule has 1 N–H and O–H groups in total. The topological polar surface area (TPSA) is 110 Å². The predicted molar refractivity (Wildman–Crippen MR) is 74.6 cm³/mol. The largest absolute Gasteiger partial charge is 0.478 e. The van der Waals surface area contributed by atoms with E-state index in [9.17, 15) is 13.2 Å². The summed E-state index contributed by atoms with van der Waals surface area (Å²) in [6.45, 7) is 2.96. The molecule has 1 heterocycles.